The Hall–Kier alpha value is -3.90. The molecule has 3 aromatic carbocycles. The molecule has 38 heavy (non-hydrogen) atoms. The molecular weight excluding hydrogens is 543 g/mol. The van der Waals surface area contributed by atoms with E-state index in [-0.39, 0.29) is 29.2 Å². The van der Waals surface area contributed by atoms with Crippen molar-refractivity contribution in [3.05, 3.63) is 95.0 Å². The minimum atomic E-state index is -4.91. The lowest BCUT2D eigenvalue weighted by atomic mass is 9.91. The molecule has 3 aromatic rings. The third-order valence-corrected chi connectivity index (χ3v) is 6.84. The third kappa shape index (κ3) is 6.69. The number of rotatable bonds is 5. The van der Waals surface area contributed by atoms with Gasteiger partial charge in [0.15, 0.2) is 0 Å². The smallest absolute Gasteiger partial charge is 0.406 e. The number of hydrogen-bond donors (Lipinski definition) is 1. The minimum Gasteiger partial charge on any atom is -0.406 e. The second-order valence-electron chi connectivity index (χ2n) is 8.18. The zero-order valence-corrected chi connectivity index (χ0v) is 21.4. The number of hydrazone groups is 1. The van der Waals surface area contributed by atoms with Gasteiger partial charge in [-0.15, -0.1) is 17.6 Å². The van der Waals surface area contributed by atoms with Gasteiger partial charge in [-0.1, -0.05) is 54.1 Å². The SMILES string of the molecule is C/C(N)=N\C(=N/S(=O)(=O)c1ccc(OC(F)(F)F)cc1)N1CC(c2ccccc2)C(c2ccc(Cl)cc2)=N1. The van der Waals surface area contributed by atoms with Crippen molar-refractivity contribution in [2.45, 2.75) is 24.1 Å². The van der Waals surface area contributed by atoms with E-state index in [0.29, 0.717) is 10.7 Å². The molecule has 8 nitrogen and oxygen atoms in total. The van der Waals surface area contributed by atoms with Crippen molar-refractivity contribution in [2.24, 2.45) is 20.2 Å². The molecule has 0 saturated heterocycles. The molecule has 0 fully saturated rings. The van der Waals surface area contributed by atoms with Gasteiger partial charge in [0.2, 0.25) is 0 Å². The maximum atomic E-state index is 13.1. The summed E-state index contributed by atoms with van der Waals surface area (Å²) in [6.45, 7) is 1.66. The largest absolute Gasteiger partial charge is 0.573 e. The predicted octanol–water partition coefficient (Wildman–Crippen LogP) is 5.16. The van der Waals surface area contributed by atoms with Crippen LogP contribution in [0, 0.1) is 0 Å². The Kier molecular flexibility index (Phi) is 7.74. The Morgan fingerprint density at radius 2 is 1.68 bits per heavy atom. The van der Waals surface area contributed by atoms with E-state index in [1.54, 1.807) is 24.3 Å². The van der Waals surface area contributed by atoms with Gasteiger partial charge in [0.05, 0.1) is 23.0 Å². The number of alkyl halides is 3. The molecule has 1 atom stereocenters. The Labute approximate surface area is 222 Å². The summed E-state index contributed by atoms with van der Waals surface area (Å²) in [6.07, 6.45) is -4.91. The van der Waals surface area contributed by atoms with Gasteiger partial charge >= 0.3 is 6.36 Å². The fourth-order valence-corrected chi connectivity index (χ4v) is 4.77. The fourth-order valence-electron chi connectivity index (χ4n) is 3.71. The van der Waals surface area contributed by atoms with Crippen LogP contribution in [0.25, 0.3) is 0 Å². The van der Waals surface area contributed by atoms with E-state index in [0.717, 1.165) is 35.4 Å². The van der Waals surface area contributed by atoms with Crippen LogP contribution in [0.1, 0.15) is 24.0 Å². The van der Waals surface area contributed by atoms with Crippen molar-refractivity contribution in [2.75, 3.05) is 6.54 Å². The van der Waals surface area contributed by atoms with E-state index < -0.39 is 22.1 Å². The van der Waals surface area contributed by atoms with Crippen molar-refractivity contribution >= 4 is 39.1 Å². The molecule has 0 amide bonds. The van der Waals surface area contributed by atoms with Crippen molar-refractivity contribution in [1.29, 1.82) is 0 Å². The minimum absolute atomic E-state index is 0.0271. The summed E-state index contributed by atoms with van der Waals surface area (Å²) in [5, 5.41) is 6.51. The average Bonchev–Trinajstić information content (AvgIpc) is 3.29. The molecule has 1 unspecified atom stereocenters. The monoisotopic (exact) mass is 563 g/mol. The normalized spacial score (nSPS) is 16.9. The average molecular weight is 564 g/mol. The lowest BCUT2D eigenvalue weighted by Crippen LogP contribution is -2.27. The Balaban J connectivity index is 1.73. The van der Waals surface area contributed by atoms with Gasteiger partial charge in [-0.2, -0.15) is 18.5 Å². The lowest BCUT2D eigenvalue weighted by Gasteiger charge is -2.16. The van der Waals surface area contributed by atoms with Crippen molar-refractivity contribution in [3.8, 4) is 5.75 Å². The van der Waals surface area contributed by atoms with E-state index in [1.807, 2.05) is 30.3 Å². The molecule has 198 valence electrons. The van der Waals surface area contributed by atoms with E-state index in [2.05, 4.69) is 19.2 Å². The van der Waals surface area contributed by atoms with E-state index >= 15 is 0 Å². The first-order valence-corrected chi connectivity index (χ1v) is 12.9. The maximum Gasteiger partial charge on any atom is 0.573 e. The number of sulfonamides is 1. The molecule has 0 aromatic heterocycles. The number of benzene rings is 3. The lowest BCUT2D eigenvalue weighted by molar-refractivity contribution is -0.274. The quantitative estimate of drug-likeness (QED) is 0.340. The van der Waals surface area contributed by atoms with Gasteiger partial charge in [-0.25, -0.2) is 5.01 Å². The van der Waals surface area contributed by atoms with Crippen molar-refractivity contribution in [3.63, 3.8) is 0 Å². The number of nitrogens with zero attached hydrogens (tertiary/aromatic N) is 4. The molecule has 0 radical (unpaired) electrons. The highest BCUT2D eigenvalue weighted by molar-refractivity contribution is 7.90. The zero-order chi connectivity index (χ0) is 27.5. The number of hydrogen-bond acceptors (Lipinski definition) is 4. The third-order valence-electron chi connectivity index (χ3n) is 5.32. The highest BCUT2D eigenvalue weighted by atomic mass is 35.5. The highest BCUT2D eigenvalue weighted by Crippen LogP contribution is 2.30. The van der Waals surface area contributed by atoms with Crippen LogP contribution < -0.4 is 10.5 Å². The van der Waals surface area contributed by atoms with Crippen LogP contribution >= 0.6 is 11.6 Å². The first-order chi connectivity index (χ1) is 17.9. The van der Waals surface area contributed by atoms with Crippen LogP contribution in [0.2, 0.25) is 5.02 Å². The predicted molar refractivity (Wildman–Crippen MR) is 139 cm³/mol. The van der Waals surface area contributed by atoms with Crippen LogP contribution in [-0.2, 0) is 10.0 Å². The first-order valence-electron chi connectivity index (χ1n) is 11.1. The number of ether oxygens (including phenoxy) is 1. The van der Waals surface area contributed by atoms with Crippen LogP contribution in [0.3, 0.4) is 0 Å². The Bertz CT molecular complexity index is 1490. The van der Waals surface area contributed by atoms with Crippen LogP contribution in [0.4, 0.5) is 13.2 Å². The zero-order valence-electron chi connectivity index (χ0n) is 19.8. The Morgan fingerprint density at radius 3 is 2.26 bits per heavy atom. The summed E-state index contributed by atoms with van der Waals surface area (Å²) in [4.78, 5) is 3.73. The van der Waals surface area contributed by atoms with Gasteiger partial charge in [0.1, 0.15) is 5.75 Å². The second-order valence-corrected chi connectivity index (χ2v) is 10.2. The molecular formula is C25H21ClF3N5O3S. The van der Waals surface area contributed by atoms with E-state index in [9.17, 15) is 21.6 Å². The fraction of sp³-hybridized carbons (Fsp3) is 0.160. The standard InChI is InChI=1S/C25H21ClF3N5O3S/c1-16(30)31-24(33-38(35,36)21-13-11-20(12-14-21)37-25(27,28)29)34-15-22(17-5-3-2-4-6-17)23(32-34)18-7-9-19(26)10-8-18/h2-14,22H,15H2,1H3,(H2,30,31,33). The molecule has 1 heterocycles. The maximum absolute atomic E-state index is 13.1. The Morgan fingerprint density at radius 1 is 1.05 bits per heavy atom. The summed E-state index contributed by atoms with van der Waals surface area (Å²) < 4.78 is 71.1. The topological polar surface area (TPSA) is 110 Å². The van der Waals surface area contributed by atoms with Gasteiger partial charge in [0, 0.05) is 10.9 Å². The van der Waals surface area contributed by atoms with Crippen LogP contribution in [0.15, 0.2) is 98.2 Å². The molecule has 0 spiro atoms. The molecule has 1 aliphatic heterocycles. The van der Waals surface area contributed by atoms with Crippen molar-refractivity contribution < 1.29 is 26.3 Å². The summed E-state index contributed by atoms with van der Waals surface area (Å²) in [6, 6.07) is 20.2. The molecule has 0 bridgehead atoms. The van der Waals surface area contributed by atoms with Crippen LogP contribution in [0.5, 0.6) is 5.75 Å². The van der Waals surface area contributed by atoms with Gasteiger partial charge < -0.3 is 10.5 Å². The summed E-state index contributed by atoms with van der Waals surface area (Å²) in [7, 11) is -4.41. The van der Waals surface area contributed by atoms with Gasteiger partial charge in [-0.05, 0) is 54.4 Å². The number of guanidine groups is 1. The van der Waals surface area contributed by atoms with Gasteiger partial charge in [0.25, 0.3) is 16.0 Å². The number of aliphatic imine (C=N–C) groups is 1. The molecule has 4 rings (SSSR count). The molecule has 0 aliphatic carbocycles. The van der Waals surface area contributed by atoms with E-state index in [4.69, 9.17) is 17.3 Å². The summed E-state index contributed by atoms with van der Waals surface area (Å²) in [5.74, 6) is -1.11. The van der Waals surface area contributed by atoms with E-state index in [1.165, 1.54) is 11.9 Å². The number of nitrogens with two attached hydrogens (primary N) is 1. The van der Waals surface area contributed by atoms with Crippen molar-refractivity contribution in [1.82, 2.24) is 5.01 Å². The summed E-state index contributed by atoms with van der Waals surface area (Å²) >= 11 is 6.05. The molecule has 1 aliphatic rings. The second kappa shape index (κ2) is 10.8. The molecule has 0 saturated carbocycles. The van der Waals surface area contributed by atoms with Gasteiger partial charge in [-0.3, -0.25) is 0 Å². The van der Waals surface area contributed by atoms with Crippen LogP contribution in [-0.4, -0.2) is 43.8 Å². The molecule has 13 heteroatoms. The summed E-state index contributed by atoms with van der Waals surface area (Å²) in [5.41, 5.74) is 8.10. The number of amidine groups is 1. The molecule has 2 N–H and O–H groups in total. The highest BCUT2D eigenvalue weighted by Gasteiger charge is 2.33. The number of halogens is 4. The first kappa shape index (κ1) is 27.1.